The van der Waals surface area contributed by atoms with Crippen LogP contribution in [0.2, 0.25) is 0 Å². The summed E-state index contributed by atoms with van der Waals surface area (Å²) in [4.78, 5) is 39.9. The molecular weight excluding hydrogens is 340 g/mol. The van der Waals surface area contributed by atoms with Crippen LogP contribution in [-0.4, -0.2) is 40.0 Å². The minimum Gasteiger partial charge on any atom is -0.343 e. The number of hydrogen-bond donors (Lipinski definition) is 2. The molecule has 1 fully saturated rings. The summed E-state index contributed by atoms with van der Waals surface area (Å²) in [7, 11) is 0. The van der Waals surface area contributed by atoms with Crippen LogP contribution in [0.5, 0.6) is 0 Å². The zero-order valence-electron chi connectivity index (χ0n) is 13.2. The van der Waals surface area contributed by atoms with Gasteiger partial charge in [-0.25, -0.2) is 5.01 Å². The minimum atomic E-state index is -0.459. The van der Waals surface area contributed by atoms with Crippen LogP contribution in [0.3, 0.4) is 0 Å². The van der Waals surface area contributed by atoms with E-state index in [1.807, 2.05) is 30.3 Å². The molecule has 8 heteroatoms. The lowest BCUT2D eigenvalue weighted by molar-refractivity contribution is -0.138. The molecule has 0 aliphatic carbocycles. The lowest BCUT2D eigenvalue weighted by atomic mass is 10.2. The van der Waals surface area contributed by atoms with E-state index >= 15 is 0 Å². The van der Waals surface area contributed by atoms with Gasteiger partial charge in [-0.1, -0.05) is 30.3 Å². The molecule has 0 saturated carbocycles. The van der Waals surface area contributed by atoms with Crippen molar-refractivity contribution >= 4 is 29.5 Å². The molecule has 1 aromatic carbocycles. The highest BCUT2D eigenvalue weighted by molar-refractivity contribution is 8.00. The van der Waals surface area contributed by atoms with Crippen LogP contribution in [0.4, 0.5) is 0 Å². The van der Waals surface area contributed by atoms with Gasteiger partial charge in [-0.2, -0.15) is 0 Å². The molecule has 3 rings (SSSR count). The number of pyridine rings is 1. The molecule has 1 aromatic heterocycles. The Labute approximate surface area is 148 Å². The van der Waals surface area contributed by atoms with Crippen molar-refractivity contribution in [3.05, 3.63) is 66.0 Å². The van der Waals surface area contributed by atoms with E-state index < -0.39 is 5.91 Å². The Morgan fingerprint density at radius 2 is 1.88 bits per heavy atom. The summed E-state index contributed by atoms with van der Waals surface area (Å²) in [6, 6.07) is 12.6. The summed E-state index contributed by atoms with van der Waals surface area (Å²) < 4.78 is 0. The first-order chi connectivity index (χ1) is 12.1. The number of nitrogens with one attached hydrogen (secondary N) is 2. The highest BCUT2D eigenvalue weighted by Crippen LogP contribution is 2.36. The average molecular weight is 356 g/mol. The van der Waals surface area contributed by atoms with Crippen molar-refractivity contribution in [2.75, 3.05) is 12.3 Å². The molecule has 2 N–H and O–H groups in total. The predicted molar refractivity (Wildman–Crippen MR) is 93.2 cm³/mol. The quantitative estimate of drug-likeness (QED) is 0.838. The van der Waals surface area contributed by atoms with Crippen molar-refractivity contribution in [1.82, 2.24) is 20.7 Å². The summed E-state index contributed by atoms with van der Waals surface area (Å²) in [6.45, 7) is -0.225. The fraction of sp³-hybridized carbons (Fsp3) is 0.176. The summed E-state index contributed by atoms with van der Waals surface area (Å²) in [5.74, 6) is -0.713. The lowest BCUT2D eigenvalue weighted by Crippen LogP contribution is -2.48. The number of amides is 3. The largest absolute Gasteiger partial charge is 0.343 e. The maximum atomic E-state index is 12.1. The topological polar surface area (TPSA) is 91.4 Å². The molecule has 7 nitrogen and oxygen atoms in total. The van der Waals surface area contributed by atoms with Gasteiger partial charge >= 0.3 is 0 Å². The Balaban J connectivity index is 1.58. The van der Waals surface area contributed by atoms with Gasteiger partial charge in [0.05, 0.1) is 12.3 Å². The molecule has 0 spiro atoms. The van der Waals surface area contributed by atoms with Gasteiger partial charge in [0.1, 0.15) is 5.37 Å². The molecule has 1 aliphatic rings. The fourth-order valence-corrected chi connectivity index (χ4v) is 3.46. The lowest BCUT2D eigenvalue weighted by Gasteiger charge is -2.24. The molecule has 25 heavy (non-hydrogen) atoms. The van der Waals surface area contributed by atoms with Crippen molar-refractivity contribution in [3.8, 4) is 0 Å². The van der Waals surface area contributed by atoms with E-state index in [1.54, 1.807) is 12.1 Å². The fourth-order valence-electron chi connectivity index (χ4n) is 2.35. The molecular formula is C17H16N4O3S. The van der Waals surface area contributed by atoms with E-state index in [4.69, 9.17) is 0 Å². The van der Waals surface area contributed by atoms with Crippen molar-refractivity contribution in [1.29, 1.82) is 0 Å². The van der Waals surface area contributed by atoms with Crippen LogP contribution in [0.1, 0.15) is 21.3 Å². The number of benzene rings is 1. The number of hydrogen-bond acceptors (Lipinski definition) is 5. The van der Waals surface area contributed by atoms with Gasteiger partial charge in [0.15, 0.2) is 0 Å². The van der Waals surface area contributed by atoms with Gasteiger partial charge in [0.2, 0.25) is 0 Å². The number of carbonyl (C=O) groups excluding carboxylic acids is 3. The molecule has 1 atom stereocenters. The van der Waals surface area contributed by atoms with E-state index in [9.17, 15) is 14.4 Å². The summed E-state index contributed by atoms with van der Waals surface area (Å²) >= 11 is 1.44. The number of carbonyl (C=O) groups is 3. The molecule has 2 heterocycles. The highest BCUT2D eigenvalue weighted by Gasteiger charge is 2.34. The Morgan fingerprint density at radius 3 is 2.60 bits per heavy atom. The van der Waals surface area contributed by atoms with Gasteiger partial charge in [-0.15, -0.1) is 11.8 Å². The maximum Gasteiger partial charge on any atom is 0.258 e. The Bertz CT molecular complexity index is 770. The second-order valence-electron chi connectivity index (χ2n) is 5.29. The van der Waals surface area contributed by atoms with E-state index in [1.165, 1.54) is 29.2 Å². The second kappa shape index (κ2) is 7.80. The number of nitrogens with zero attached hydrogens (tertiary/aromatic N) is 2. The third-order valence-corrected chi connectivity index (χ3v) is 4.76. The van der Waals surface area contributed by atoms with E-state index in [2.05, 4.69) is 15.7 Å². The SMILES string of the molecule is O=C(CNC(=O)c1ccncc1)NN1C(=O)CSC1c1ccccc1. The average Bonchev–Trinajstić information content (AvgIpc) is 3.01. The van der Waals surface area contributed by atoms with Crippen molar-refractivity contribution in [3.63, 3.8) is 0 Å². The Hall–Kier alpha value is -2.87. The first-order valence-electron chi connectivity index (χ1n) is 7.61. The number of aromatic nitrogens is 1. The number of rotatable bonds is 5. The molecule has 2 aromatic rings. The molecule has 3 amide bonds. The summed E-state index contributed by atoms with van der Waals surface area (Å²) in [5, 5.41) is 3.57. The molecule has 0 radical (unpaired) electrons. The third-order valence-electron chi connectivity index (χ3n) is 3.55. The minimum absolute atomic E-state index is 0.173. The zero-order valence-corrected chi connectivity index (χ0v) is 14.0. The van der Waals surface area contributed by atoms with E-state index in [0.29, 0.717) is 11.3 Å². The van der Waals surface area contributed by atoms with Gasteiger partial charge < -0.3 is 5.32 Å². The van der Waals surface area contributed by atoms with Crippen molar-refractivity contribution in [2.24, 2.45) is 0 Å². The first-order valence-corrected chi connectivity index (χ1v) is 8.66. The van der Waals surface area contributed by atoms with Gasteiger partial charge in [-0.05, 0) is 17.7 Å². The van der Waals surface area contributed by atoms with Gasteiger partial charge in [0.25, 0.3) is 17.7 Å². The Kier molecular flexibility index (Phi) is 5.30. The van der Waals surface area contributed by atoms with E-state index in [0.717, 1.165) is 5.56 Å². The van der Waals surface area contributed by atoms with Gasteiger partial charge in [0, 0.05) is 18.0 Å². The van der Waals surface area contributed by atoms with Crippen LogP contribution in [-0.2, 0) is 9.59 Å². The van der Waals surface area contributed by atoms with Gasteiger partial charge in [-0.3, -0.25) is 24.8 Å². The van der Waals surface area contributed by atoms with Crippen molar-refractivity contribution in [2.45, 2.75) is 5.37 Å². The predicted octanol–water partition coefficient (Wildman–Crippen LogP) is 1.12. The van der Waals surface area contributed by atoms with Crippen LogP contribution in [0.15, 0.2) is 54.9 Å². The van der Waals surface area contributed by atoms with Crippen LogP contribution >= 0.6 is 11.8 Å². The van der Waals surface area contributed by atoms with Crippen LogP contribution in [0.25, 0.3) is 0 Å². The molecule has 1 unspecified atom stereocenters. The standard InChI is InChI=1S/C17H16N4O3S/c22-14(10-19-16(24)12-6-8-18-9-7-12)20-21-15(23)11-25-17(21)13-4-2-1-3-5-13/h1-9,17H,10-11H2,(H,19,24)(H,20,22). The monoisotopic (exact) mass is 356 g/mol. The Morgan fingerprint density at radius 1 is 1.16 bits per heavy atom. The van der Waals surface area contributed by atoms with Crippen molar-refractivity contribution < 1.29 is 14.4 Å². The summed E-state index contributed by atoms with van der Waals surface area (Å²) in [5.41, 5.74) is 3.93. The molecule has 1 aliphatic heterocycles. The smallest absolute Gasteiger partial charge is 0.258 e. The normalized spacial score (nSPS) is 16.6. The first kappa shape index (κ1) is 17.0. The molecule has 1 saturated heterocycles. The summed E-state index contributed by atoms with van der Waals surface area (Å²) in [6.07, 6.45) is 3.00. The zero-order chi connectivity index (χ0) is 17.6. The second-order valence-corrected chi connectivity index (χ2v) is 6.36. The number of thioether (sulfide) groups is 1. The van der Waals surface area contributed by atoms with Crippen LogP contribution in [0, 0.1) is 0 Å². The maximum absolute atomic E-state index is 12.1. The number of hydrazine groups is 1. The van der Waals surface area contributed by atoms with E-state index in [-0.39, 0.29) is 23.7 Å². The third kappa shape index (κ3) is 4.16. The molecule has 128 valence electrons. The van der Waals surface area contributed by atoms with Crippen LogP contribution < -0.4 is 10.7 Å². The molecule has 0 bridgehead atoms. The highest BCUT2D eigenvalue weighted by atomic mass is 32.2.